The van der Waals surface area contributed by atoms with Gasteiger partial charge in [-0.1, -0.05) is 26.7 Å². The van der Waals surface area contributed by atoms with Crippen molar-refractivity contribution in [2.75, 3.05) is 26.9 Å². The molecular formula is C27H42NO16P. The van der Waals surface area contributed by atoms with Gasteiger partial charge in [0.1, 0.15) is 24.9 Å². The van der Waals surface area contributed by atoms with Gasteiger partial charge < -0.3 is 28.4 Å². The summed E-state index contributed by atoms with van der Waals surface area (Å²) < 4.78 is 63.1. The molecule has 256 valence electrons. The van der Waals surface area contributed by atoms with E-state index in [-0.39, 0.29) is 13.2 Å². The number of phosphoric ester groups is 1. The van der Waals surface area contributed by atoms with Crippen molar-refractivity contribution >= 4 is 43.7 Å². The minimum Gasteiger partial charge on any atom is -0.465 e. The maximum atomic E-state index is 14.0. The van der Waals surface area contributed by atoms with E-state index < -0.39 is 93.0 Å². The Balaban J connectivity index is 2.76. The lowest BCUT2D eigenvalue weighted by Crippen LogP contribution is -2.67. The molecule has 0 saturated carbocycles. The molecule has 0 bridgehead atoms. The number of esters is 4. The van der Waals surface area contributed by atoms with Crippen LogP contribution in [0.25, 0.3) is 0 Å². The molecule has 0 N–H and O–H groups in total. The molecule has 0 aliphatic carbocycles. The molecule has 1 unspecified atom stereocenters. The molecule has 2 aliphatic rings. The van der Waals surface area contributed by atoms with Crippen molar-refractivity contribution in [2.24, 2.45) is 0 Å². The zero-order chi connectivity index (χ0) is 33.9. The second-order valence-electron chi connectivity index (χ2n) is 10.3. The lowest BCUT2D eigenvalue weighted by atomic mass is 9.88. The van der Waals surface area contributed by atoms with Crippen LogP contribution in [0.3, 0.4) is 0 Å². The van der Waals surface area contributed by atoms with Crippen LogP contribution in [-0.4, -0.2) is 104 Å². The van der Waals surface area contributed by atoms with Crippen molar-refractivity contribution in [3.05, 3.63) is 0 Å². The largest absolute Gasteiger partial charge is 0.477 e. The maximum absolute atomic E-state index is 14.0. The number of phosphoric acid groups is 1. The highest BCUT2D eigenvalue weighted by atomic mass is 31.2. The van der Waals surface area contributed by atoms with E-state index in [2.05, 4.69) is 0 Å². The summed E-state index contributed by atoms with van der Waals surface area (Å²) in [6, 6.07) is -1.42. The molecular weight excluding hydrogens is 625 g/mol. The maximum Gasteiger partial charge on any atom is 0.477 e. The van der Waals surface area contributed by atoms with Gasteiger partial charge in [-0.3, -0.25) is 28.2 Å². The fraction of sp³-hybridized carbons (Fsp3) is 0.778. The molecule has 2 amide bonds. The topological polar surface area (TPSA) is 206 Å². The lowest BCUT2D eigenvalue weighted by Gasteiger charge is -2.47. The number of ether oxygens (including phenoxy) is 6. The van der Waals surface area contributed by atoms with E-state index in [9.17, 15) is 33.3 Å². The monoisotopic (exact) mass is 667 g/mol. The normalized spacial score (nSPS) is 24.1. The minimum atomic E-state index is -4.63. The highest BCUT2D eigenvalue weighted by Gasteiger charge is 2.66. The van der Waals surface area contributed by atoms with Crippen LogP contribution in [0.5, 0.6) is 0 Å². The van der Waals surface area contributed by atoms with Crippen LogP contribution >= 0.6 is 7.82 Å². The SMILES string of the molecule is CCCCOP(=O)(OCCCC)O[C@]1(C(=O)OC)C[C@H]2OC(=O)N(C(C)=O)[C@H]2C([C@H](OC(C)=O)[C@@H](COC(C)=O)OC(C)=O)O1. The van der Waals surface area contributed by atoms with Crippen molar-refractivity contribution in [1.82, 2.24) is 4.90 Å². The third kappa shape index (κ3) is 10.2. The van der Waals surface area contributed by atoms with E-state index in [4.69, 9.17) is 42.0 Å². The number of carbonyl (C=O) groups excluding carboxylic acids is 6. The Morgan fingerprint density at radius 2 is 1.53 bits per heavy atom. The summed E-state index contributed by atoms with van der Waals surface area (Å²) in [7, 11) is -3.65. The number of imide groups is 1. The Kier molecular flexibility index (Phi) is 14.4. The van der Waals surface area contributed by atoms with Gasteiger partial charge in [0, 0.05) is 27.7 Å². The number of amides is 2. The van der Waals surface area contributed by atoms with E-state index in [0.717, 1.165) is 34.8 Å². The summed E-state index contributed by atoms with van der Waals surface area (Å²) in [4.78, 5) is 75.8. The molecule has 2 aliphatic heterocycles. The van der Waals surface area contributed by atoms with Crippen LogP contribution < -0.4 is 0 Å². The molecule has 0 spiro atoms. The lowest BCUT2D eigenvalue weighted by molar-refractivity contribution is -0.290. The quantitative estimate of drug-likeness (QED) is 0.0945. The molecule has 0 aromatic carbocycles. The van der Waals surface area contributed by atoms with Gasteiger partial charge in [0.15, 0.2) is 12.2 Å². The second-order valence-corrected chi connectivity index (χ2v) is 11.9. The summed E-state index contributed by atoms with van der Waals surface area (Å²) >= 11 is 0. The summed E-state index contributed by atoms with van der Waals surface area (Å²) in [5, 5.41) is 0. The molecule has 2 fully saturated rings. The number of carbonyl (C=O) groups is 6. The number of unbranched alkanes of at least 4 members (excludes halogenated alkanes) is 2. The second kappa shape index (κ2) is 17.0. The molecule has 0 aromatic heterocycles. The number of rotatable bonds is 17. The van der Waals surface area contributed by atoms with Gasteiger partial charge >= 0.3 is 37.8 Å². The van der Waals surface area contributed by atoms with E-state index in [1.165, 1.54) is 0 Å². The average Bonchev–Trinajstić information content (AvgIpc) is 3.28. The van der Waals surface area contributed by atoms with E-state index in [1.54, 1.807) is 0 Å². The van der Waals surface area contributed by atoms with Crippen molar-refractivity contribution in [3.8, 4) is 0 Å². The van der Waals surface area contributed by atoms with Crippen molar-refractivity contribution < 1.29 is 75.3 Å². The average molecular weight is 668 g/mol. The number of hydrogen-bond donors (Lipinski definition) is 0. The van der Waals surface area contributed by atoms with Crippen LogP contribution in [0.2, 0.25) is 0 Å². The highest BCUT2D eigenvalue weighted by Crippen LogP contribution is 2.56. The van der Waals surface area contributed by atoms with Crippen LogP contribution in [0.1, 0.15) is 73.6 Å². The van der Waals surface area contributed by atoms with Gasteiger partial charge in [-0.2, -0.15) is 0 Å². The Bertz CT molecular complexity index is 1130. The standard InChI is InChI=1S/C27H42NO16P/c1-8-10-12-38-45(35,39-13-11-9-2)44-27(25(33)36-7)14-20-22(28(16(3)29)26(34)42-20)24(43-27)23(41-19(6)32)21(40-18(5)31)15-37-17(4)30/h20-24H,8-15H2,1-7H3/t20-,21-,22-,23-,24?,27+/m1/s1. The Morgan fingerprint density at radius 3 is 2.00 bits per heavy atom. The first-order valence-electron chi connectivity index (χ1n) is 14.5. The molecule has 6 atom stereocenters. The molecule has 18 heteroatoms. The van der Waals surface area contributed by atoms with E-state index in [0.29, 0.717) is 30.6 Å². The predicted octanol–water partition coefficient (Wildman–Crippen LogP) is 2.57. The molecule has 0 radical (unpaired) electrons. The van der Waals surface area contributed by atoms with Crippen LogP contribution in [0.4, 0.5) is 4.79 Å². The Hall–Kier alpha value is -3.11. The number of nitrogens with zero attached hydrogens (tertiary/aromatic N) is 1. The number of fused-ring (bicyclic) bond motifs is 1. The highest BCUT2D eigenvalue weighted by molar-refractivity contribution is 7.48. The number of methoxy groups -OCH3 is 1. The molecule has 2 saturated heterocycles. The minimum absolute atomic E-state index is 0.0906. The van der Waals surface area contributed by atoms with Crippen molar-refractivity contribution in [2.45, 2.75) is 110 Å². The van der Waals surface area contributed by atoms with Gasteiger partial charge in [-0.25, -0.2) is 23.6 Å². The zero-order valence-electron chi connectivity index (χ0n) is 26.5. The van der Waals surface area contributed by atoms with Crippen molar-refractivity contribution in [1.29, 1.82) is 0 Å². The first kappa shape index (κ1) is 38.1. The van der Waals surface area contributed by atoms with E-state index >= 15 is 0 Å². The van der Waals surface area contributed by atoms with Gasteiger partial charge in [-0.15, -0.1) is 0 Å². The zero-order valence-corrected chi connectivity index (χ0v) is 27.4. The van der Waals surface area contributed by atoms with Crippen LogP contribution in [0, 0.1) is 0 Å². The van der Waals surface area contributed by atoms with Gasteiger partial charge in [0.2, 0.25) is 5.91 Å². The van der Waals surface area contributed by atoms with Gasteiger partial charge in [0.25, 0.3) is 5.79 Å². The summed E-state index contributed by atoms with van der Waals surface area (Å²) in [5.41, 5.74) is 0. The van der Waals surface area contributed by atoms with Crippen molar-refractivity contribution in [3.63, 3.8) is 0 Å². The Morgan fingerprint density at radius 1 is 0.956 bits per heavy atom. The predicted molar refractivity (Wildman–Crippen MR) is 149 cm³/mol. The third-order valence-electron chi connectivity index (χ3n) is 6.61. The molecule has 2 rings (SSSR count). The molecule has 0 aromatic rings. The fourth-order valence-corrected chi connectivity index (χ4v) is 6.16. The molecule has 17 nitrogen and oxygen atoms in total. The van der Waals surface area contributed by atoms with Gasteiger partial charge in [0.05, 0.1) is 26.7 Å². The molecule has 45 heavy (non-hydrogen) atoms. The van der Waals surface area contributed by atoms with Gasteiger partial charge in [-0.05, 0) is 12.8 Å². The van der Waals surface area contributed by atoms with Crippen LogP contribution in [-0.2, 0) is 70.5 Å². The number of hydrogen-bond acceptors (Lipinski definition) is 16. The fourth-order valence-electron chi connectivity index (χ4n) is 4.72. The first-order chi connectivity index (χ1) is 21.1. The Labute approximate surface area is 261 Å². The smallest absolute Gasteiger partial charge is 0.465 e. The first-order valence-corrected chi connectivity index (χ1v) is 15.9. The third-order valence-corrected chi connectivity index (χ3v) is 8.13. The summed E-state index contributed by atoms with van der Waals surface area (Å²) in [5.74, 6) is -7.43. The molecule has 2 heterocycles. The van der Waals surface area contributed by atoms with Crippen LogP contribution in [0.15, 0.2) is 0 Å². The van der Waals surface area contributed by atoms with E-state index in [1.807, 2.05) is 13.8 Å². The summed E-state index contributed by atoms with van der Waals surface area (Å²) in [6.45, 7) is 7.02. The summed E-state index contributed by atoms with van der Waals surface area (Å²) in [6.07, 6.45) is -6.20.